The van der Waals surface area contributed by atoms with Gasteiger partial charge in [-0.05, 0) is 55.3 Å². The highest BCUT2D eigenvalue weighted by Gasteiger charge is 2.40. The molecule has 0 saturated carbocycles. The van der Waals surface area contributed by atoms with E-state index in [0.717, 1.165) is 64.1 Å². The van der Waals surface area contributed by atoms with Crippen molar-refractivity contribution >= 4 is 15.9 Å². The monoisotopic (exact) mass is 508 g/mol. The largest absolute Gasteiger partial charge is 0.493 e. The van der Waals surface area contributed by atoms with Crippen molar-refractivity contribution in [3.63, 3.8) is 0 Å². The van der Waals surface area contributed by atoms with Crippen LogP contribution in [0.15, 0.2) is 18.2 Å². The second-order valence-electron chi connectivity index (χ2n) is 10.1. The second kappa shape index (κ2) is 13.0. The number of rotatable bonds is 14. The maximum atomic E-state index is 13.4. The molecule has 0 aliphatic carbocycles. The number of carbonyl (C=O) groups is 1. The van der Waals surface area contributed by atoms with Crippen LogP contribution in [0.4, 0.5) is 0 Å². The number of amides is 1. The maximum Gasteiger partial charge on any atom is 0.236 e. The van der Waals surface area contributed by atoms with E-state index in [-0.39, 0.29) is 11.9 Å². The average Bonchev–Trinajstić information content (AvgIpc) is 3.39. The number of fused-ring (bicyclic) bond motifs is 1. The SMILES string of the molecule is CCCCN(CCCCN)C(=O)CN1C[C@H](c2ccc3c(c2)CCO3)[C@@H](C)[C@@H]1CCNS(C)(=O)=O. The Hall–Kier alpha value is -1.68. The van der Waals surface area contributed by atoms with Gasteiger partial charge in [-0.1, -0.05) is 32.4 Å². The molecule has 1 amide bonds. The summed E-state index contributed by atoms with van der Waals surface area (Å²) in [6.07, 6.45) is 6.67. The van der Waals surface area contributed by atoms with Crippen LogP contribution in [0.1, 0.15) is 63.0 Å². The summed E-state index contributed by atoms with van der Waals surface area (Å²) in [5, 5.41) is 0. The minimum Gasteiger partial charge on any atom is -0.493 e. The lowest BCUT2D eigenvalue weighted by Crippen LogP contribution is -2.44. The van der Waals surface area contributed by atoms with Crippen molar-refractivity contribution in [2.75, 3.05) is 52.1 Å². The summed E-state index contributed by atoms with van der Waals surface area (Å²) in [5.41, 5.74) is 8.21. The van der Waals surface area contributed by atoms with E-state index in [1.165, 1.54) is 17.4 Å². The van der Waals surface area contributed by atoms with E-state index in [0.29, 0.717) is 37.9 Å². The number of nitrogens with two attached hydrogens (primary N) is 1. The summed E-state index contributed by atoms with van der Waals surface area (Å²) < 4.78 is 31.6. The Morgan fingerprint density at radius 2 is 2.03 bits per heavy atom. The Kier molecular flexibility index (Phi) is 10.4. The number of sulfonamides is 1. The first-order chi connectivity index (χ1) is 16.7. The van der Waals surface area contributed by atoms with E-state index >= 15 is 0 Å². The van der Waals surface area contributed by atoms with Crippen molar-refractivity contribution in [2.24, 2.45) is 11.7 Å². The van der Waals surface area contributed by atoms with Gasteiger partial charge in [-0.25, -0.2) is 13.1 Å². The van der Waals surface area contributed by atoms with Crippen LogP contribution in [-0.2, 0) is 21.2 Å². The zero-order valence-corrected chi connectivity index (χ0v) is 22.5. The number of hydrogen-bond acceptors (Lipinski definition) is 6. The van der Waals surface area contributed by atoms with Gasteiger partial charge in [0.1, 0.15) is 5.75 Å². The third-order valence-electron chi connectivity index (χ3n) is 7.44. The van der Waals surface area contributed by atoms with E-state index < -0.39 is 10.0 Å². The van der Waals surface area contributed by atoms with Crippen LogP contribution in [0, 0.1) is 5.92 Å². The van der Waals surface area contributed by atoms with Crippen LogP contribution in [-0.4, -0.2) is 82.3 Å². The van der Waals surface area contributed by atoms with Gasteiger partial charge in [0.15, 0.2) is 0 Å². The van der Waals surface area contributed by atoms with Crippen molar-refractivity contribution < 1.29 is 17.9 Å². The molecule has 8 nitrogen and oxygen atoms in total. The molecule has 0 radical (unpaired) electrons. The van der Waals surface area contributed by atoms with Gasteiger partial charge in [0.2, 0.25) is 15.9 Å². The highest BCUT2D eigenvalue weighted by atomic mass is 32.2. The zero-order valence-electron chi connectivity index (χ0n) is 21.7. The van der Waals surface area contributed by atoms with Gasteiger partial charge < -0.3 is 15.4 Å². The van der Waals surface area contributed by atoms with E-state index in [1.54, 1.807) is 0 Å². The summed E-state index contributed by atoms with van der Waals surface area (Å²) in [7, 11) is -3.25. The number of nitrogens with zero attached hydrogens (tertiary/aromatic N) is 2. The molecular weight excluding hydrogens is 464 g/mol. The number of benzene rings is 1. The number of unbranched alkanes of at least 4 members (excludes halogenated alkanes) is 2. The van der Waals surface area contributed by atoms with Gasteiger partial charge in [-0.15, -0.1) is 0 Å². The smallest absolute Gasteiger partial charge is 0.236 e. The zero-order chi connectivity index (χ0) is 25.4. The highest BCUT2D eigenvalue weighted by molar-refractivity contribution is 7.88. The van der Waals surface area contributed by atoms with Crippen molar-refractivity contribution in [1.29, 1.82) is 0 Å². The number of nitrogens with one attached hydrogen (secondary N) is 1. The quantitative estimate of drug-likeness (QED) is 0.374. The third-order valence-corrected chi connectivity index (χ3v) is 8.17. The van der Waals surface area contributed by atoms with Crippen LogP contribution in [0.3, 0.4) is 0 Å². The lowest BCUT2D eigenvalue weighted by atomic mass is 9.85. The molecule has 3 N–H and O–H groups in total. The molecule has 1 aromatic carbocycles. The molecule has 1 aromatic rings. The first kappa shape index (κ1) is 27.9. The predicted octanol–water partition coefficient (Wildman–Crippen LogP) is 2.33. The second-order valence-corrected chi connectivity index (χ2v) is 11.9. The fourth-order valence-electron chi connectivity index (χ4n) is 5.45. The van der Waals surface area contributed by atoms with E-state index in [2.05, 4.69) is 41.7 Å². The summed E-state index contributed by atoms with van der Waals surface area (Å²) in [6.45, 7) is 8.80. The Balaban J connectivity index is 1.75. The average molecular weight is 509 g/mol. The molecule has 0 aromatic heterocycles. The lowest BCUT2D eigenvalue weighted by Gasteiger charge is -2.30. The van der Waals surface area contributed by atoms with Gasteiger partial charge in [-0.2, -0.15) is 0 Å². The van der Waals surface area contributed by atoms with Crippen molar-refractivity contribution in [3.05, 3.63) is 29.3 Å². The molecule has 2 heterocycles. The molecule has 0 unspecified atom stereocenters. The Morgan fingerprint density at radius 3 is 2.74 bits per heavy atom. The Bertz CT molecular complexity index is 939. The Labute approximate surface area is 211 Å². The van der Waals surface area contributed by atoms with Crippen molar-refractivity contribution in [1.82, 2.24) is 14.5 Å². The number of carbonyl (C=O) groups excluding carboxylic acids is 1. The van der Waals surface area contributed by atoms with Crippen LogP contribution in [0.5, 0.6) is 5.75 Å². The van der Waals surface area contributed by atoms with Gasteiger partial charge in [0, 0.05) is 44.6 Å². The molecule has 3 rings (SSSR count). The van der Waals surface area contributed by atoms with Gasteiger partial charge in [0.05, 0.1) is 19.4 Å². The normalized spacial score (nSPS) is 22.2. The first-order valence-electron chi connectivity index (χ1n) is 13.2. The van der Waals surface area contributed by atoms with Crippen LogP contribution >= 0.6 is 0 Å². The van der Waals surface area contributed by atoms with Gasteiger partial charge >= 0.3 is 0 Å². The molecule has 1 fully saturated rings. The summed E-state index contributed by atoms with van der Waals surface area (Å²) in [5.74, 6) is 1.72. The summed E-state index contributed by atoms with van der Waals surface area (Å²) >= 11 is 0. The van der Waals surface area contributed by atoms with E-state index in [1.807, 2.05) is 4.90 Å². The summed E-state index contributed by atoms with van der Waals surface area (Å²) in [6, 6.07) is 6.62. The lowest BCUT2D eigenvalue weighted by molar-refractivity contribution is -0.133. The van der Waals surface area contributed by atoms with Crippen molar-refractivity contribution in [3.8, 4) is 5.75 Å². The van der Waals surface area contributed by atoms with Gasteiger partial charge in [-0.3, -0.25) is 9.69 Å². The fourth-order valence-corrected chi connectivity index (χ4v) is 5.94. The predicted molar refractivity (Wildman–Crippen MR) is 140 cm³/mol. The summed E-state index contributed by atoms with van der Waals surface area (Å²) in [4.78, 5) is 17.7. The minimum atomic E-state index is -3.25. The number of hydrogen-bond donors (Lipinski definition) is 2. The molecule has 198 valence electrons. The maximum absolute atomic E-state index is 13.4. The molecular formula is C26H44N4O4S. The molecule has 35 heavy (non-hydrogen) atoms. The fraction of sp³-hybridized carbons (Fsp3) is 0.731. The molecule has 2 aliphatic rings. The molecule has 0 bridgehead atoms. The van der Waals surface area contributed by atoms with Crippen LogP contribution in [0.25, 0.3) is 0 Å². The molecule has 2 aliphatic heterocycles. The number of ether oxygens (including phenoxy) is 1. The van der Waals surface area contributed by atoms with Crippen molar-refractivity contribution in [2.45, 2.75) is 64.3 Å². The standard InChI is InChI=1S/C26H44N4O4S/c1-4-5-14-29(15-7-6-12-27)26(31)19-30-18-23(20(2)24(30)10-13-28-35(3,32)33)21-8-9-25-22(17-21)11-16-34-25/h8-9,17,20,23-24,28H,4-7,10-16,18-19,27H2,1-3H3/t20-,23+,24+/m1/s1. The highest BCUT2D eigenvalue weighted by Crippen LogP contribution is 2.40. The van der Waals surface area contributed by atoms with E-state index in [9.17, 15) is 13.2 Å². The van der Waals surface area contributed by atoms with Crippen LogP contribution < -0.4 is 15.2 Å². The van der Waals surface area contributed by atoms with Crippen LogP contribution in [0.2, 0.25) is 0 Å². The molecule has 9 heteroatoms. The first-order valence-corrected chi connectivity index (χ1v) is 15.0. The van der Waals surface area contributed by atoms with Gasteiger partial charge in [0.25, 0.3) is 0 Å². The minimum absolute atomic E-state index is 0.125. The topological polar surface area (TPSA) is 105 Å². The third kappa shape index (κ3) is 7.90. The Morgan fingerprint density at radius 1 is 1.26 bits per heavy atom. The van der Waals surface area contributed by atoms with E-state index in [4.69, 9.17) is 10.5 Å². The molecule has 3 atom stereocenters. The number of likely N-dealkylation sites (tertiary alicyclic amines) is 1. The molecule has 0 spiro atoms. The molecule has 1 saturated heterocycles.